The molecule has 7 heteroatoms. The summed E-state index contributed by atoms with van der Waals surface area (Å²) in [5.74, 6) is 0.207. The van der Waals surface area contributed by atoms with Crippen LogP contribution in [0, 0.1) is 5.82 Å². The smallest absolute Gasteiger partial charge is 0.242 e. The molecule has 1 heterocycles. The lowest BCUT2D eigenvalue weighted by Crippen LogP contribution is -2.56. The molecule has 0 aliphatic carbocycles. The minimum atomic E-state index is -0.889. The lowest BCUT2D eigenvalue weighted by atomic mass is 9.96. The van der Waals surface area contributed by atoms with Crippen molar-refractivity contribution in [3.63, 3.8) is 0 Å². The summed E-state index contributed by atoms with van der Waals surface area (Å²) in [6.45, 7) is -0.0524. The standard InChI is InChI=1S/C21H25FN2O3.ClH/c1-23-20(26)21(14-25)12-11-19(24(21)2)15-7-9-17(10-8-15)27-13-16-5-3-4-6-18(16)22;/h3-10,19,25H,11-14H2,1-2H3,(H,23,26);1H/t19-,21-;/m1./s1. The fourth-order valence-electron chi connectivity index (χ4n) is 3.77. The van der Waals surface area contributed by atoms with Gasteiger partial charge in [-0.25, -0.2) is 4.39 Å². The molecule has 0 aromatic heterocycles. The van der Waals surface area contributed by atoms with E-state index in [1.807, 2.05) is 36.2 Å². The van der Waals surface area contributed by atoms with E-state index in [9.17, 15) is 14.3 Å². The van der Waals surface area contributed by atoms with Crippen molar-refractivity contribution in [3.8, 4) is 5.75 Å². The molecule has 0 bridgehead atoms. The third-order valence-electron chi connectivity index (χ3n) is 5.50. The molecule has 2 atom stereocenters. The van der Waals surface area contributed by atoms with Crippen molar-refractivity contribution >= 4 is 18.3 Å². The van der Waals surface area contributed by atoms with Gasteiger partial charge < -0.3 is 15.2 Å². The monoisotopic (exact) mass is 408 g/mol. The molecule has 0 unspecified atom stereocenters. The zero-order valence-corrected chi connectivity index (χ0v) is 16.8. The van der Waals surface area contributed by atoms with Gasteiger partial charge >= 0.3 is 0 Å². The van der Waals surface area contributed by atoms with E-state index in [4.69, 9.17) is 4.74 Å². The SMILES string of the molecule is CNC(=O)[C@]1(CO)CC[C@H](c2ccc(OCc3ccccc3F)cc2)N1C.Cl. The number of aliphatic hydroxyl groups is 1. The van der Waals surface area contributed by atoms with Crippen molar-refractivity contribution < 1.29 is 19.0 Å². The van der Waals surface area contributed by atoms with E-state index in [1.165, 1.54) is 6.07 Å². The molecule has 1 fully saturated rings. The van der Waals surface area contributed by atoms with Gasteiger partial charge in [-0.05, 0) is 43.7 Å². The lowest BCUT2D eigenvalue weighted by Gasteiger charge is -2.35. The first kappa shape index (κ1) is 22.1. The highest BCUT2D eigenvalue weighted by molar-refractivity contribution is 5.86. The van der Waals surface area contributed by atoms with E-state index in [0.29, 0.717) is 17.7 Å². The molecule has 152 valence electrons. The second-order valence-electron chi connectivity index (χ2n) is 6.88. The number of hydrogen-bond acceptors (Lipinski definition) is 4. The van der Waals surface area contributed by atoms with Gasteiger partial charge in [-0.1, -0.05) is 30.3 Å². The molecule has 1 aliphatic rings. The van der Waals surface area contributed by atoms with Gasteiger partial charge in [-0.15, -0.1) is 12.4 Å². The van der Waals surface area contributed by atoms with E-state index in [2.05, 4.69) is 5.32 Å². The van der Waals surface area contributed by atoms with Gasteiger partial charge in [0.05, 0.1) is 6.61 Å². The van der Waals surface area contributed by atoms with E-state index in [0.717, 1.165) is 12.0 Å². The minimum absolute atomic E-state index is 0. The van der Waals surface area contributed by atoms with Gasteiger partial charge in [0.1, 0.15) is 23.7 Å². The van der Waals surface area contributed by atoms with Gasteiger partial charge in [-0.2, -0.15) is 0 Å². The Bertz CT molecular complexity index is 802. The largest absolute Gasteiger partial charge is 0.489 e. The molecule has 0 saturated carbocycles. The molecule has 1 aliphatic heterocycles. The Morgan fingerprint density at radius 3 is 2.57 bits per heavy atom. The van der Waals surface area contributed by atoms with Crippen molar-refractivity contribution in [3.05, 3.63) is 65.5 Å². The highest BCUT2D eigenvalue weighted by atomic mass is 35.5. The highest BCUT2D eigenvalue weighted by Gasteiger charge is 2.49. The molecular weight excluding hydrogens is 383 g/mol. The summed E-state index contributed by atoms with van der Waals surface area (Å²) in [4.78, 5) is 14.2. The second kappa shape index (κ2) is 9.37. The third kappa shape index (κ3) is 4.14. The Labute approximate surface area is 170 Å². The maximum Gasteiger partial charge on any atom is 0.242 e. The molecule has 2 N–H and O–H groups in total. The summed E-state index contributed by atoms with van der Waals surface area (Å²) < 4.78 is 19.3. The molecule has 5 nitrogen and oxygen atoms in total. The number of halogens is 2. The van der Waals surface area contributed by atoms with Gasteiger partial charge in [0.15, 0.2) is 0 Å². The van der Waals surface area contributed by atoms with Crippen molar-refractivity contribution in [2.75, 3.05) is 20.7 Å². The number of carbonyl (C=O) groups excluding carboxylic acids is 1. The van der Waals surface area contributed by atoms with E-state index >= 15 is 0 Å². The summed E-state index contributed by atoms with van der Waals surface area (Å²) >= 11 is 0. The quantitative estimate of drug-likeness (QED) is 0.771. The number of benzene rings is 2. The maximum atomic E-state index is 13.7. The van der Waals surface area contributed by atoms with Crippen LogP contribution in [0.1, 0.15) is 30.0 Å². The van der Waals surface area contributed by atoms with Crippen LogP contribution >= 0.6 is 12.4 Å². The number of likely N-dealkylation sites (N-methyl/N-ethyl adjacent to an activating group) is 2. The van der Waals surface area contributed by atoms with Crippen molar-refractivity contribution in [1.29, 1.82) is 0 Å². The minimum Gasteiger partial charge on any atom is -0.489 e. The number of nitrogens with one attached hydrogen (secondary N) is 1. The zero-order chi connectivity index (χ0) is 19.4. The molecule has 1 amide bonds. The molecule has 3 rings (SSSR count). The van der Waals surface area contributed by atoms with Crippen LogP contribution in [0.2, 0.25) is 0 Å². The number of rotatable bonds is 6. The summed E-state index contributed by atoms with van der Waals surface area (Å²) in [6, 6.07) is 14.2. The normalized spacial score (nSPS) is 21.8. The summed E-state index contributed by atoms with van der Waals surface area (Å²) in [6.07, 6.45) is 1.37. The van der Waals surface area contributed by atoms with Crippen LogP contribution in [0.5, 0.6) is 5.75 Å². The summed E-state index contributed by atoms with van der Waals surface area (Å²) in [5, 5.41) is 12.5. The number of carbonyl (C=O) groups is 1. The molecule has 1 saturated heterocycles. The van der Waals surface area contributed by atoms with Gasteiger partial charge in [-0.3, -0.25) is 9.69 Å². The molecule has 28 heavy (non-hydrogen) atoms. The van der Waals surface area contributed by atoms with E-state index < -0.39 is 5.54 Å². The first-order chi connectivity index (χ1) is 13.0. The average molecular weight is 409 g/mol. The number of hydrogen-bond donors (Lipinski definition) is 2. The van der Waals surface area contributed by atoms with Crippen LogP contribution < -0.4 is 10.1 Å². The van der Waals surface area contributed by atoms with Crippen LogP contribution in [-0.2, 0) is 11.4 Å². The van der Waals surface area contributed by atoms with Gasteiger partial charge in [0, 0.05) is 18.7 Å². The number of aliphatic hydroxyl groups excluding tert-OH is 1. The first-order valence-corrected chi connectivity index (χ1v) is 9.04. The summed E-state index contributed by atoms with van der Waals surface area (Å²) in [7, 11) is 3.45. The van der Waals surface area contributed by atoms with Crippen LogP contribution in [-0.4, -0.2) is 42.2 Å². The van der Waals surface area contributed by atoms with Crippen LogP contribution in [0.15, 0.2) is 48.5 Å². The zero-order valence-electron chi connectivity index (χ0n) is 16.0. The lowest BCUT2D eigenvalue weighted by molar-refractivity contribution is -0.134. The predicted octanol–water partition coefficient (Wildman–Crippen LogP) is 3.07. The van der Waals surface area contributed by atoms with Crippen LogP contribution in [0.4, 0.5) is 4.39 Å². The Balaban J connectivity index is 0.00000280. The Hall–Kier alpha value is -2.15. The van der Waals surface area contributed by atoms with Gasteiger partial charge in [0.2, 0.25) is 5.91 Å². The fraction of sp³-hybridized carbons (Fsp3) is 0.381. The number of amides is 1. The predicted molar refractivity (Wildman–Crippen MR) is 108 cm³/mol. The van der Waals surface area contributed by atoms with E-state index in [1.54, 1.807) is 25.2 Å². The Morgan fingerprint density at radius 1 is 1.29 bits per heavy atom. The van der Waals surface area contributed by atoms with Crippen molar-refractivity contribution in [2.24, 2.45) is 0 Å². The molecule has 0 spiro atoms. The molecular formula is C21H26ClFN2O3. The van der Waals surface area contributed by atoms with Crippen LogP contribution in [0.25, 0.3) is 0 Å². The Morgan fingerprint density at radius 2 is 1.96 bits per heavy atom. The number of nitrogens with zero attached hydrogens (tertiary/aromatic N) is 1. The third-order valence-corrected chi connectivity index (χ3v) is 5.50. The maximum absolute atomic E-state index is 13.7. The first-order valence-electron chi connectivity index (χ1n) is 9.04. The number of likely N-dealkylation sites (tertiary alicyclic amines) is 1. The second-order valence-corrected chi connectivity index (χ2v) is 6.88. The molecule has 2 aromatic carbocycles. The fourth-order valence-corrected chi connectivity index (χ4v) is 3.77. The van der Waals surface area contributed by atoms with Gasteiger partial charge in [0.25, 0.3) is 0 Å². The number of ether oxygens (including phenoxy) is 1. The molecule has 0 radical (unpaired) electrons. The summed E-state index contributed by atoms with van der Waals surface area (Å²) in [5.41, 5.74) is 0.671. The van der Waals surface area contributed by atoms with Crippen LogP contribution in [0.3, 0.4) is 0 Å². The topological polar surface area (TPSA) is 61.8 Å². The van der Waals surface area contributed by atoms with Crippen molar-refractivity contribution in [1.82, 2.24) is 10.2 Å². The highest BCUT2D eigenvalue weighted by Crippen LogP contribution is 2.41. The molecule has 2 aromatic rings. The van der Waals surface area contributed by atoms with E-state index in [-0.39, 0.29) is 43.4 Å². The van der Waals surface area contributed by atoms with Crippen molar-refractivity contribution in [2.45, 2.75) is 31.0 Å². The average Bonchev–Trinajstić information content (AvgIpc) is 3.04. The Kier molecular flexibility index (Phi) is 7.41.